The van der Waals surface area contributed by atoms with Crippen LogP contribution in [0.3, 0.4) is 0 Å². The van der Waals surface area contributed by atoms with E-state index in [0.717, 1.165) is 9.55 Å². The van der Waals surface area contributed by atoms with E-state index < -0.39 is 16.3 Å². The Morgan fingerprint density at radius 2 is 1.84 bits per heavy atom. The highest BCUT2D eigenvalue weighted by atomic mass is 35.5. The Labute approximate surface area is 192 Å². The molecule has 0 unspecified atom stereocenters. The highest BCUT2D eigenvalue weighted by molar-refractivity contribution is 8.23. The number of amidine groups is 1. The molecule has 2 aromatic heterocycles. The van der Waals surface area contributed by atoms with Gasteiger partial charge in [-0.1, -0.05) is 46.6 Å². The fraction of sp³-hybridized carbons (Fsp3) is 0. The summed E-state index contributed by atoms with van der Waals surface area (Å²) in [6, 6.07) is 16.7. The van der Waals surface area contributed by atoms with E-state index in [4.69, 9.17) is 11.6 Å². The molecule has 0 atom stereocenters. The van der Waals surface area contributed by atoms with Crippen LogP contribution in [0.15, 0.2) is 79.9 Å². The van der Waals surface area contributed by atoms with Crippen molar-refractivity contribution < 1.29 is 14.2 Å². The van der Waals surface area contributed by atoms with E-state index in [2.05, 4.69) is 14.8 Å². The molecule has 5 rings (SSSR count). The number of nitrogens with one attached hydrogen (secondary N) is 1. The maximum Gasteiger partial charge on any atom is 0.286 e. The molecule has 8 nitrogen and oxygen atoms in total. The predicted octanol–water partition coefficient (Wildman–Crippen LogP) is 5.20. The molecule has 0 radical (unpaired) electrons. The fourth-order valence-corrected chi connectivity index (χ4v) is 5.49. The molecule has 0 aliphatic carbocycles. The molecule has 4 N–H and O–H groups in total. The maximum atomic E-state index is 13.4. The highest BCUT2D eigenvalue weighted by Gasteiger charge is 2.30. The smallest absolute Gasteiger partial charge is 0.286 e. The molecule has 32 heavy (non-hydrogen) atoms. The first-order chi connectivity index (χ1) is 15.3. The monoisotopic (exact) mass is 486 g/mol. The Kier molecular flexibility index (Phi) is 5.03. The zero-order chi connectivity index (χ0) is 22.5. The Hall–Kier alpha value is -3.15. The van der Waals surface area contributed by atoms with Crippen LogP contribution in [-0.4, -0.2) is 30.9 Å². The Bertz CT molecular complexity index is 1490. The number of pyridine rings is 1. The van der Waals surface area contributed by atoms with Crippen molar-refractivity contribution in [2.75, 3.05) is 5.32 Å². The summed E-state index contributed by atoms with van der Waals surface area (Å²) in [5, 5.41) is 18.6. The van der Waals surface area contributed by atoms with Crippen molar-refractivity contribution in [2.24, 2.45) is 9.50 Å². The molecule has 3 heterocycles. The summed E-state index contributed by atoms with van der Waals surface area (Å²) in [5.74, 6) is -0.489. The third-order valence-electron chi connectivity index (χ3n) is 4.82. The van der Waals surface area contributed by atoms with Crippen molar-refractivity contribution in [2.45, 2.75) is 4.90 Å². The van der Waals surface area contributed by atoms with E-state index in [1.54, 1.807) is 54.6 Å². The number of anilines is 1. The first kappa shape index (κ1) is 20.7. The minimum atomic E-state index is -3.58. The van der Waals surface area contributed by atoms with Crippen molar-refractivity contribution >= 4 is 62.4 Å². The van der Waals surface area contributed by atoms with Crippen LogP contribution in [0, 0.1) is 0 Å². The summed E-state index contributed by atoms with van der Waals surface area (Å²) in [5.41, 5.74) is -0.144. The quantitative estimate of drug-likeness (QED) is 0.297. The van der Waals surface area contributed by atoms with Gasteiger partial charge in [0.2, 0.25) is 0 Å². The predicted molar refractivity (Wildman–Crippen MR) is 130 cm³/mol. The number of benzene rings is 2. The van der Waals surface area contributed by atoms with Gasteiger partial charge in [0.15, 0.2) is 5.84 Å². The van der Waals surface area contributed by atoms with Crippen molar-refractivity contribution in [3.05, 3.63) is 85.8 Å². The second-order valence-electron chi connectivity index (χ2n) is 6.82. The molecule has 0 spiro atoms. The van der Waals surface area contributed by atoms with E-state index in [9.17, 15) is 19.0 Å². The van der Waals surface area contributed by atoms with Crippen LogP contribution in [0.1, 0.15) is 10.4 Å². The summed E-state index contributed by atoms with van der Waals surface area (Å²) in [6.07, 6.45) is 1.49. The van der Waals surface area contributed by atoms with Crippen LogP contribution in [-0.2, 0) is 0 Å². The van der Waals surface area contributed by atoms with Crippen molar-refractivity contribution in [3.63, 3.8) is 0 Å². The van der Waals surface area contributed by atoms with Crippen LogP contribution in [0.4, 0.5) is 5.69 Å². The van der Waals surface area contributed by atoms with Gasteiger partial charge < -0.3 is 10.4 Å². The summed E-state index contributed by atoms with van der Waals surface area (Å²) < 4.78 is 26.8. The number of aromatic hydroxyl groups is 1. The first-order valence-electron chi connectivity index (χ1n) is 9.26. The molecular formula is C21H15ClN4O4S2. The second-order valence-corrected chi connectivity index (χ2v) is 10.2. The molecule has 0 saturated heterocycles. The summed E-state index contributed by atoms with van der Waals surface area (Å²) in [7, 11) is -3.58. The lowest BCUT2D eigenvalue weighted by atomic mass is 10.1. The summed E-state index contributed by atoms with van der Waals surface area (Å²) in [6.45, 7) is 0. The SMILES string of the molecule is O=c1c(C2=NS(O)(O)c3ccccc3N2)c(O)c2ccccc2n1N=Cc1ccc(Cl)s1. The molecule has 0 saturated carbocycles. The van der Waals surface area contributed by atoms with E-state index >= 15 is 0 Å². The van der Waals surface area contributed by atoms with Gasteiger partial charge in [0, 0.05) is 10.3 Å². The lowest BCUT2D eigenvalue weighted by Crippen LogP contribution is -2.31. The van der Waals surface area contributed by atoms with Crippen molar-refractivity contribution in [1.29, 1.82) is 0 Å². The van der Waals surface area contributed by atoms with Gasteiger partial charge in [0.1, 0.15) is 16.2 Å². The Morgan fingerprint density at radius 3 is 2.62 bits per heavy atom. The van der Waals surface area contributed by atoms with Gasteiger partial charge in [-0.15, -0.1) is 15.7 Å². The largest absolute Gasteiger partial charge is 0.506 e. The summed E-state index contributed by atoms with van der Waals surface area (Å²) in [4.78, 5) is 14.4. The minimum Gasteiger partial charge on any atom is -0.506 e. The lowest BCUT2D eigenvalue weighted by Gasteiger charge is -2.34. The maximum absolute atomic E-state index is 13.4. The molecular weight excluding hydrogens is 472 g/mol. The number of nitrogens with zero attached hydrogens (tertiary/aromatic N) is 3. The number of aromatic nitrogens is 1. The van der Waals surface area contributed by atoms with Crippen LogP contribution in [0.5, 0.6) is 5.75 Å². The topological polar surface area (TPSA) is 119 Å². The van der Waals surface area contributed by atoms with Gasteiger partial charge in [0.05, 0.1) is 21.8 Å². The number of para-hydroxylation sites is 2. The number of fused-ring (bicyclic) bond motifs is 2. The number of thiophene rings is 1. The molecule has 1 aliphatic heterocycles. The van der Waals surface area contributed by atoms with Crippen LogP contribution < -0.4 is 10.9 Å². The number of halogens is 1. The molecule has 2 aromatic carbocycles. The summed E-state index contributed by atoms with van der Waals surface area (Å²) >= 11 is 7.27. The fourth-order valence-electron chi connectivity index (χ4n) is 3.39. The normalized spacial score (nSPS) is 15.9. The van der Waals surface area contributed by atoms with Gasteiger partial charge in [-0.25, -0.2) is 0 Å². The molecule has 0 bridgehead atoms. The van der Waals surface area contributed by atoms with Gasteiger partial charge in [0.25, 0.3) is 5.56 Å². The third kappa shape index (κ3) is 3.48. The molecule has 162 valence electrons. The lowest BCUT2D eigenvalue weighted by molar-refractivity contribution is 0.478. The van der Waals surface area contributed by atoms with Gasteiger partial charge in [-0.2, -0.15) is 9.78 Å². The molecule has 1 aliphatic rings. The first-order valence-corrected chi connectivity index (χ1v) is 12.0. The van der Waals surface area contributed by atoms with Gasteiger partial charge >= 0.3 is 0 Å². The average molecular weight is 487 g/mol. The van der Waals surface area contributed by atoms with Crippen LogP contribution in [0.2, 0.25) is 4.34 Å². The van der Waals surface area contributed by atoms with Crippen LogP contribution >= 0.6 is 33.7 Å². The third-order valence-corrected chi connectivity index (χ3v) is 7.36. The zero-order valence-electron chi connectivity index (χ0n) is 16.1. The number of hydrogen-bond acceptors (Lipinski definition) is 8. The number of rotatable bonds is 3. The number of hydrogen-bond donors (Lipinski definition) is 4. The second kappa shape index (κ2) is 7.76. The van der Waals surface area contributed by atoms with E-state index in [-0.39, 0.29) is 22.0 Å². The van der Waals surface area contributed by atoms with E-state index in [0.29, 0.717) is 20.9 Å². The Morgan fingerprint density at radius 1 is 1.09 bits per heavy atom. The highest BCUT2D eigenvalue weighted by Crippen LogP contribution is 2.55. The molecule has 11 heteroatoms. The minimum absolute atomic E-state index is 0.153. The average Bonchev–Trinajstić information content (AvgIpc) is 3.18. The van der Waals surface area contributed by atoms with Crippen LogP contribution in [0.25, 0.3) is 10.9 Å². The van der Waals surface area contributed by atoms with Crippen molar-refractivity contribution in [1.82, 2.24) is 4.68 Å². The zero-order valence-corrected chi connectivity index (χ0v) is 18.5. The van der Waals surface area contributed by atoms with E-state index in [1.807, 2.05) is 0 Å². The van der Waals surface area contributed by atoms with Gasteiger partial charge in [-0.3, -0.25) is 13.9 Å². The molecule has 0 fully saturated rings. The molecule has 0 amide bonds. The van der Waals surface area contributed by atoms with Gasteiger partial charge in [-0.05, 0) is 36.4 Å². The van der Waals surface area contributed by atoms with Crippen molar-refractivity contribution in [3.8, 4) is 5.75 Å². The Balaban J connectivity index is 1.74. The van der Waals surface area contributed by atoms with E-state index in [1.165, 1.54) is 23.6 Å². The standard InChI is InChI=1S/C21H15ClN4O4S2/c22-17-10-9-12(31-17)11-23-26-15-7-3-1-5-13(15)19(27)18(21(26)28)20-24-14-6-2-4-8-16(14)32(29,30)25-20/h1-11,27,29-30H,(H,24,25). The molecule has 4 aromatic rings.